The second-order valence-electron chi connectivity index (χ2n) is 7.44. The van der Waals surface area contributed by atoms with Crippen molar-refractivity contribution in [1.29, 1.82) is 0 Å². The Hall–Kier alpha value is -2.73. The van der Waals surface area contributed by atoms with E-state index in [9.17, 15) is 38.4 Å². The summed E-state index contributed by atoms with van der Waals surface area (Å²) in [6.07, 6.45) is 3.14. The zero-order valence-corrected chi connectivity index (χ0v) is 23.6. The van der Waals surface area contributed by atoms with Gasteiger partial charge in [0.05, 0.1) is 0 Å². The van der Waals surface area contributed by atoms with Crippen LogP contribution in [0, 0.1) is 0 Å². The normalized spacial score (nSPS) is 8.76. The number of carbonyl (C=O) groups excluding carboxylic acids is 4. The summed E-state index contributed by atoms with van der Waals surface area (Å²) in [5, 5.41) is 32.4. The van der Waals surface area contributed by atoms with Crippen LogP contribution in [-0.2, 0) is 60.1 Å². The molecule has 0 spiro atoms. The number of ketones is 4. The van der Waals surface area contributed by atoms with Crippen molar-refractivity contribution in [2.45, 2.75) is 105 Å². The van der Waals surface area contributed by atoms with Gasteiger partial charge in [0.25, 0.3) is 0 Å². The van der Waals surface area contributed by atoms with Crippen LogP contribution in [0.4, 0.5) is 0 Å². The molecule has 212 valence electrons. The average Bonchev–Trinajstić information content (AvgIpc) is 2.68. The van der Waals surface area contributed by atoms with Gasteiger partial charge in [-0.15, -0.1) is 0 Å². The fraction of sp³-hybridized carbons (Fsp3) is 0.667. The molecule has 0 unspecified atom stereocenters. The topological polar surface area (TPSA) is 217 Å². The van der Waals surface area contributed by atoms with Crippen molar-refractivity contribution in [2.24, 2.45) is 0 Å². The first-order chi connectivity index (χ1) is 16.7. The van der Waals surface area contributed by atoms with E-state index in [-0.39, 0.29) is 70.5 Å². The van der Waals surface area contributed by atoms with Gasteiger partial charge < -0.3 is 20.4 Å². The SMILES string of the molecule is CCCC(=O)CC(=O)O.CCCC(=O)CC(=O)O.CCCC(=O)CC(=O)O.CCCC(=O)CC(=O)O.[Ti]. The van der Waals surface area contributed by atoms with E-state index in [1.807, 2.05) is 27.7 Å². The Morgan fingerprint density at radius 1 is 0.378 bits per heavy atom. The summed E-state index contributed by atoms with van der Waals surface area (Å²) in [4.78, 5) is 81.3. The summed E-state index contributed by atoms with van der Waals surface area (Å²) in [5.41, 5.74) is 0. The molecule has 0 aliphatic rings. The van der Waals surface area contributed by atoms with Gasteiger partial charge in [-0.2, -0.15) is 0 Å². The van der Waals surface area contributed by atoms with Crippen molar-refractivity contribution >= 4 is 47.0 Å². The maximum atomic E-state index is 10.5. The first-order valence-electron chi connectivity index (χ1n) is 11.6. The quantitative estimate of drug-likeness (QED) is 0.156. The van der Waals surface area contributed by atoms with E-state index in [0.29, 0.717) is 25.7 Å². The standard InChI is InChI=1S/4C6H10O3.Ti/c4*1-2-3-5(7)4-6(8)9;/h4*2-4H2,1H3,(H,8,9);. The molecule has 13 heteroatoms. The Balaban J connectivity index is -0.000000122. The fourth-order valence-corrected chi connectivity index (χ4v) is 2.14. The second-order valence-corrected chi connectivity index (χ2v) is 7.44. The Morgan fingerprint density at radius 3 is 0.595 bits per heavy atom. The number of aliphatic carboxylic acids is 4. The minimum Gasteiger partial charge on any atom is -0.481 e. The van der Waals surface area contributed by atoms with Crippen molar-refractivity contribution in [1.82, 2.24) is 0 Å². The molecule has 0 atom stereocenters. The first-order valence-corrected chi connectivity index (χ1v) is 11.6. The molecule has 0 rings (SSSR count). The van der Waals surface area contributed by atoms with Crippen LogP contribution in [0.1, 0.15) is 105 Å². The molecular weight excluding hydrogens is 528 g/mol. The van der Waals surface area contributed by atoms with E-state index in [2.05, 4.69) is 0 Å². The van der Waals surface area contributed by atoms with Gasteiger partial charge in [-0.05, 0) is 25.7 Å². The molecule has 0 aliphatic carbocycles. The summed E-state index contributed by atoms with van der Waals surface area (Å²) >= 11 is 0. The molecule has 0 amide bonds. The molecule has 0 saturated carbocycles. The van der Waals surface area contributed by atoms with E-state index in [1.54, 1.807) is 0 Å². The summed E-state index contributed by atoms with van der Waals surface area (Å²) in [7, 11) is 0. The van der Waals surface area contributed by atoms with E-state index in [4.69, 9.17) is 20.4 Å². The van der Waals surface area contributed by atoms with Gasteiger partial charge in [-0.1, -0.05) is 27.7 Å². The van der Waals surface area contributed by atoms with Crippen LogP contribution in [0.15, 0.2) is 0 Å². The Morgan fingerprint density at radius 2 is 0.514 bits per heavy atom. The maximum Gasteiger partial charge on any atom is 0.310 e. The zero-order chi connectivity index (χ0) is 29.1. The smallest absolute Gasteiger partial charge is 0.310 e. The van der Waals surface area contributed by atoms with Crippen LogP contribution in [0.5, 0.6) is 0 Å². The third-order valence-corrected chi connectivity index (χ3v) is 3.51. The fourth-order valence-electron chi connectivity index (χ4n) is 2.14. The summed E-state index contributed by atoms with van der Waals surface area (Å²) in [6, 6.07) is 0. The molecule has 37 heavy (non-hydrogen) atoms. The molecule has 0 bridgehead atoms. The Bertz CT molecular complexity index is 597. The number of Topliss-reactive ketones (excluding diaryl/α,β-unsaturated/α-hetero) is 4. The number of carbonyl (C=O) groups is 8. The van der Waals surface area contributed by atoms with Gasteiger partial charge >= 0.3 is 23.9 Å². The monoisotopic (exact) mass is 568 g/mol. The Kier molecular flexibility index (Phi) is 37.5. The molecule has 0 saturated heterocycles. The van der Waals surface area contributed by atoms with Crippen LogP contribution >= 0.6 is 0 Å². The van der Waals surface area contributed by atoms with Crippen LogP contribution in [0.25, 0.3) is 0 Å². The van der Waals surface area contributed by atoms with E-state index in [0.717, 1.165) is 25.7 Å². The van der Waals surface area contributed by atoms with E-state index >= 15 is 0 Å². The zero-order valence-electron chi connectivity index (χ0n) is 22.0. The minimum absolute atomic E-state index is 0. The average molecular weight is 568 g/mol. The molecular formula is C24H40O12Ti. The van der Waals surface area contributed by atoms with E-state index in [1.165, 1.54) is 0 Å². The summed E-state index contributed by atoms with van der Waals surface area (Å²) < 4.78 is 0. The predicted octanol–water partition coefficient (Wildman–Crippen LogP) is 3.32. The summed E-state index contributed by atoms with van der Waals surface area (Å²) in [6.45, 7) is 7.39. The van der Waals surface area contributed by atoms with Crippen LogP contribution in [0.3, 0.4) is 0 Å². The molecule has 0 heterocycles. The number of carboxylic acid groups (broad SMARTS) is 4. The van der Waals surface area contributed by atoms with Gasteiger partial charge in [-0.3, -0.25) is 38.4 Å². The van der Waals surface area contributed by atoms with Gasteiger partial charge in [0.2, 0.25) is 0 Å². The number of carboxylic acids is 4. The molecule has 4 N–H and O–H groups in total. The van der Waals surface area contributed by atoms with Crippen LogP contribution in [-0.4, -0.2) is 67.4 Å². The largest absolute Gasteiger partial charge is 0.481 e. The molecule has 0 aromatic rings. The molecule has 0 radical (unpaired) electrons. The van der Waals surface area contributed by atoms with Crippen molar-refractivity contribution in [3.05, 3.63) is 0 Å². The molecule has 0 fully saturated rings. The minimum atomic E-state index is -1.03. The third-order valence-electron chi connectivity index (χ3n) is 3.51. The number of hydrogen-bond acceptors (Lipinski definition) is 8. The van der Waals surface area contributed by atoms with Gasteiger partial charge in [0.15, 0.2) is 0 Å². The predicted molar refractivity (Wildman–Crippen MR) is 129 cm³/mol. The maximum absolute atomic E-state index is 10.5. The second kappa shape index (κ2) is 31.3. The van der Waals surface area contributed by atoms with Crippen LogP contribution < -0.4 is 0 Å². The van der Waals surface area contributed by atoms with Crippen LogP contribution in [0.2, 0.25) is 0 Å². The van der Waals surface area contributed by atoms with Crippen molar-refractivity contribution in [3.8, 4) is 0 Å². The van der Waals surface area contributed by atoms with E-state index < -0.39 is 23.9 Å². The van der Waals surface area contributed by atoms with Gasteiger partial charge in [0.1, 0.15) is 48.8 Å². The van der Waals surface area contributed by atoms with Crippen molar-refractivity contribution in [2.75, 3.05) is 0 Å². The molecule has 0 aromatic heterocycles. The van der Waals surface area contributed by atoms with Crippen molar-refractivity contribution in [3.63, 3.8) is 0 Å². The van der Waals surface area contributed by atoms with Crippen molar-refractivity contribution < 1.29 is 80.5 Å². The molecule has 0 aromatic carbocycles. The number of hydrogen-bond donors (Lipinski definition) is 4. The third kappa shape index (κ3) is 50.9. The Labute approximate surface area is 232 Å². The summed E-state index contributed by atoms with van der Waals surface area (Å²) in [5.74, 6) is -4.89. The van der Waals surface area contributed by atoms with Gasteiger partial charge in [-0.25, -0.2) is 0 Å². The molecule has 0 aliphatic heterocycles. The molecule has 12 nitrogen and oxygen atoms in total. The first kappa shape index (κ1) is 44.3. The number of rotatable bonds is 16. The van der Waals surface area contributed by atoms with Gasteiger partial charge in [0, 0.05) is 47.4 Å².